The average Bonchev–Trinajstić information content (AvgIpc) is 2.49. The summed E-state index contributed by atoms with van der Waals surface area (Å²) < 4.78 is 0. The lowest BCUT2D eigenvalue weighted by atomic mass is 9.97. The second kappa shape index (κ2) is 7.97. The van der Waals surface area contributed by atoms with Crippen LogP contribution in [-0.2, 0) is 16.2 Å². The van der Waals surface area contributed by atoms with Crippen molar-refractivity contribution in [1.29, 1.82) is 0 Å². The molecule has 1 atom stereocenters. The molecule has 0 aliphatic carbocycles. The van der Waals surface area contributed by atoms with Gasteiger partial charge in [-0.15, -0.1) is 0 Å². The van der Waals surface area contributed by atoms with Gasteiger partial charge in [0.25, 0.3) is 0 Å². The van der Waals surface area contributed by atoms with Crippen molar-refractivity contribution in [3.8, 4) is 0 Å². The van der Waals surface area contributed by atoms with Crippen LogP contribution in [0.4, 0.5) is 0 Å². The highest BCUT2D eigenvalue weighted by Crippen LogP contribution is 2.21. The Hall–Kier alpha value is -1.84. The van der Waals surface area contributed by atoms with Crippen molar-refractivity contribution in [3.05, 3.63) is 69.7 Å². The Bertz CT molecular complexity index is 672. The normalized spacial score (nSPS) is 12.3. The van der Waals surface area contributed by atoms with Crippen molar-refractivity contribution >= 4 is 35.2 Å². The number of nitrogens with zero attached hydrogens (tertiary/aromatic N) is 1. The molecular formula is C17H15Cl2NO2. The molecule has 0 aliphatic rings. The molecule has 3 nitrogen and oxygen atoms in total. The van der Waals surface area contributed by atoms with Gasteiger partial charge in [-0.05, 0) is 24.6 Å². The Labute approximate surface area is 139 Å². The van der Waals surface area contributed by atoms with Gasteiger partial charge >= 0.3 is 0 Å². The zero-order chi connectivity index (χ0) is 15.9. The Kier molecular flexibility index (Phi) is 5.99. The van der Waals surface area contributed by atoms with Crippen LogP contribution in [-0.4, -0.2) is 12.0 Å². The van der Waals surface area contributed by atoms with E-state index in [2.05, 4.69) is 5.16 Å². The van der Waals surface area contributed by atoms with Gasteiger partial charge in [-0.3, -0.25) is 4.79 Å². The number of ketones is 1. The maximum absolute atomic E-state index is 11.7. The van der Waals surface area contributed by atoms with Crippen molar-refractivity contribution in [3.63, 3.8) is 0 Å². The van der Waals surface area contributed by atoms with Crippen molar-refractivity contribution in [1.82, 2.24) is 0 Å². The van der Waals surface area contributed by atoms with Gasteiger partial charge in [-0.1, -0.05) is 64.8 Å². The second-order valence-electron chi connectivity index (χ2n) is 4.76. The Morgan fingerprint density at radius 3 is 2.59 bits per heavy atom. The molecule has 0 bridgehead atoms. The van der Waals surface area contributed by atoms with E-state index in [1.807, 2.05) is 30.3 Å². The van der Waals surface area contributed by atoms with Crippen LogP contribution in [0.5, 0.6) is 0 Å². The number of halogens is 2. The van der Waals surface area contributed by atoms with Crippen LogP contribution in [0.2, 0.25) is 10.0 Å². The predicted octanol–water partition coefficient (Wildman–Crippen LogP) is 4.87. The molecule has 0 heterocycles. The molecule has 2 aromatic rings. The molecule has 2 rings (SSSR count). The first-order valence-corrected chi connectivity index (χ1v) is 7.48. The topological polar surface area (TPSA) is 38.7 Å². The minimum atomic E-state index is -0.415. The molecule has 114 valence electrons. The summed E-state index contributed by atoms with van der Waals surface area (Å²) >= 11 is 11.9. The molecular weight excluding hydrogens is 321 g/mol. The van der Waals surface area contributed by atoms with Crippen LogP contribution < -0.4 is 0 Å². The van der Waals surface area contributed by atoms with Crippen LogP contribution in [0.1, 0.15) is 24.0 Å². The number of rotatable bonds is 6. The molecule has 0 saturated carbocycles. The highest BCUT2D eigenvalue weighted by Gasteiger charge is 2.14. The molecule has 0 N–H and O–H groups in total. The molecule has 0 radical (unpaired) electrons. The number of carbonyl (C=O) groups excluding carboxylic acids is 1. The summed E-state index contributed by atoms with van der Waals surface area (Å²) in [5.74, 6) is -0.412. The lowest BCUT2D eigenvalue weighted by Gasteiger charge is -2.08. The summed E-state index contributed by atoms with van der Waals surface area (Å²) in [6.07, 6.45) is 1.50. The largest absolute Gasteiger partial charge is 0.391 e. The molecule has 0 spiro atoms. The molecule has 22 heavy (non-hydrogen) atoms. The summed E-state index contributed by atoms with van der Waals surface area (Å²) in [6.45, 7) is 1.74. The predicted molar refractivity (Wildman–Crippen MR) is 89.6 cm³/mol. The maximum Gasteiger partial charge on any atom is 0.143 e. The Morgan fingerprint density at radius 2 is 1.95 bits per heavy atom. The molecule has 0 aromatic heterocycles. The van der Waals surface area contributed by atoms with Crippen molar-refractivity contribution < 1.29 is 9.63 Å². The molecule has 2 aromatic carbocycles. The lowest BCUT2D eigenvalue weighted by molar-refractivity contribution is -0.117. The smallest absolute Gasteiger partial charge is 0.143 e. The maximum atomic E-state index is 11.7. The fraction of sp³-hybridized carbons (Fsp3) is 0.176. The van der Waals surface area contributed by atoms with E-state index < -0.39 is 5.92 Å². The second-order valence-corrected chi connectivity index (χ2v) is 5.61. The van der Waals surface area contributed by atoms with Crippen LogP contribution in [0.15, 0.2) is 53.7 Å². The Balaban J connectivity index is 1.99. The van der Waals surface area contributed by atoms with Crippen LogP contribution in [0.3, 0.4) is 0 Å². The number of carbonyl (C=O) groups is 1. The molecule has 0 saturated heterocycles. The Morgan fingerprint density at radius 1 is 1.23 bits per heavy atom. The average molecular weight is 336 g/mol. The first-order valence-electron chi connectivity index (χ1n) is 6.72. The van der Waals surface area contributed by atoms with E-state index in [9.17, 15) is 4.79 Å². The number of oxime groups is 1. The quantitative estimate of drug-likeness (QED) is 0.558. The van der Waals surface area contributed by atoms with Crippen molar-refractivity contribution in [2.45, 2.75) is 19.4 Å². The third-order valence-corrected chi connectivity index (χ3v) is 3.70. The molecule has 0 aliphatic heterocycles. The van der Waals surface area contributed by atoms with Gasteiger partial charge in [0, 0.05) is 15.6 Å². The third kappa shape index (κ3) is 4.58. The van der Waals surface area contributed by atoms with E-state index >= 15 is 0 Å². The van der Waals surface area contributed by atoms with Crippen LogP contribution >= 0.6 is 23.2 Å². The zero-order valence-corrected chi connectivity index (χ0v) is 13.5. The standard InChI is InChI=1S/C17H15Cl2NO2/c1-12(21)16(13-5-3-2-4-6-13)10-20-22-11-14-7-8-15(18)9-17(14)19/h2-10,16H,11H2,1H3/b20-10+. The fourth-order valence-electron chi connectivity index (χ4n) is 1.94. The minimum absolute atomic E-state index is 0.00285. The van der Waals surface area contributed by atoms with Gasteiger partial charge in [0.15, 0.2) is 0 Å². The third-order valence-electron chi connectivity index (χ3n) is 3.12. The van der Waals surface area contributed by atoms with E-state index in [1.165, 1.54) is 13.1 Å². The first kappa shape index (κ1) is 16.5. The SMILES string of the molecule is CC(=O)C(/C=N/OCc1ccc(Cl)cc1Cl)c1ccccc1. The lowest BCUT2D eigenvalue weighted by Crippen LogP contribution is -2.10. The summed E-state index contributed by atoms with van der Waals surface area (Å²) in [5.41, 5.74) is 1.66. The highest BCUT2D eigenvalue weighted by atomic mass is 35.5. The summed E-state index contributed by atoms with van der Waals surface area (Å²) in [5, 5.41) is 4.98. The first-order chi connectivity index (χ1) is 10.6. The summed E-state index contributed by atoms with van der Waals surface area (Å²) in [6, 6.07) is 14.6. The summed E-state index contributed by atoms with van der Waals surface area (Å²) in [4.78, 5) is 16.9. The van der Waals surface area contributed by atoms with E-state index in [0.717, 1.165) is 11.1 Å². The number of Topliss-reactive ketones (excluding diaryl/α,β-unsaturated/α-hetero) is 1. The monoisotopic (exact) mass is 335 g/mol. The zero-order valence-electron chi connectivity index (χ0n) is 12.0. The number of benzene rings is 2. The molecule has 1 unspecified atom stereocenters. The van der Waals surface area contributed by atoms with E-state index in [1.54, 1.807) is 18.2 Å². The van der Waals surface area contributed by atoms with E-state index in [0.29, 0.717) is 10.0 Å². The van der Waals surface area contributed by atoms with Crippen molar-refractivity contribution in [2.75, 3.05) is 0 Å². The van der Waals surface area contributed by atoms with Crippen LogP contribution in [0.25, 0.3) is 0 Å². The fourth-order valence-corrected chi connectivity index (χ4v) is 2.40. The van der Waals surface area contributed by atoms with E-state index in [-0.39, 0.29) is 12.4 Å². The highest BCUT2D eigenvalue weighted by molar-refractivity contribution is 6.35. The minimum Gasteiger partial charge on any atom is -0.391 e. The van der Waals surface area contributed by atoms with Crippen molar-refractivity contribution in [2.24, 2.45) is 5.16 Å². The molecule has 5 heteroatoms. The van der Waals surface area contributed by atoms with Gasteiger partial charge in [0.05, 0.1) is 12.1 Å². The van der Waals surface area contributed by atoms with Gasteiger partial charge < -0.3 is 4.84 Å². The molecule has 0 fully saturated rings. The molecule has 0 amide bonds. The van der Waals surface area contributed by atoms with Gasteiger partial charge in [-0.2, -0.15) is 0 Å². The number of hydrogen-bond acceptors (Lipinski definition) is 3. The van der Waals surface area contributed by atoms with Gasteiger partial charge in [-0.25, -0.2) is 0 Å². The van der Waals surface area contributed by atoms with Gasteiger partial charge in [0.2, 0.25) is 0 Å². The van der Waals surface area contributed by atoms with Crippen LogP contribution in [0, 0.1) is 0 Å². The van der Waals surface area contributed by atoms with E-state index in [4.69, 9.17) is 28.0 Å². The van der Waals surface area contributed by atoms with Gasteiger partial charge in [0.1, 0.15) is 12.4 Å². The number of hydrogen-bond donors (Lipinski definition) is 0. The summed E-state index contributed by atoms with van der Waals surface area (Å²) in [7, 11) is 0.